The summed E-state index contributed by atoms with van der Waals surface area (Å²) in [6.45, 7) is 1.31. The van der Waals surface area contributed by atoms with Crippen LogP contribution >= 0.6 is 11.6 Å². The van der Waals surface area contributed by atoms with Gasteiger partial charge in [0.25, 0.3) is 0 Å². The summed E-state index contributed by atoms with van der Waals surface area (Å²) in [4.78, 5) is 0. The molecule has 0 N–H and O–H groups in total. The largest absolute Gasteiger partial charge is 0.238 e. The highest BCUT2D eigenvalue weighted by Gasteiger charge is 2.31. The highest BCUT2D eigenvalue weighted by atomic mass is 35.5. The molecule has 0 spiro atoms. The van der Waals surface area contributed by atoms with Crippen molar-refractivity contribution in [3.63, 3.8) is 0 Å². The predicted molar refractivity (Wildman–Crippen MR) is 37.5 cm³/mol. The average molecular weight is 165 g/mol. The van der Waals surface area contributed by atoms with Crippen LogP contribution in [-0.2, 0) is 0 Å². The molecule has 0 saturated carbocycles. The molecule has 0 heterocycles. The van der Waals surface area contributed by atoms with Crippen molar-refractivity contribution in [2.45, 2.75) is 18.0 Å². The van der Waals surface area contributed by atoms with Gasteiger partial charge in [0.1, 0.15) is 11.5 Å². The van der Waals surface area contributed by atoms with Crippen molar-refractivity contribution in [3.05, 3.63) is 24.1 Å². The molecule has 0 aromatic carbocycles. The monoisotopic (exact) mass is 164 g/mol. The minimum absolute atomic E-state index is 0.477. The van der Waals surface area contributed by atoms with Crippen molar-refractivity contribution in [2.24, 2.45) is 0 Å². The van der Waals surface area contributed by atoms with Crippen LogP contribution in [0.15, 0.2) is 24.1 Å². The summed E-state index contributed by atoms with van der Waals surface area (Å²) < 4.78 is 25.3. The van der Waals surface area contributed by atoms with E-state index in [1.54, 1.807) is 0 Å². The van der Waals surface area contributed by atoms with Gasteiger partial charge in [-0.25, -0.2) is 8.78 Å². The van der Waals surface area contributed by atoms with Crippen LogP contribution in [0.1, 0.15) is 6.92 Å². The van der Waals surface area contributed by atoms with Gasteiger partial charge < -0.3 is 0 Å². The Bertz CT molecular complexity index is 194. The molecule has 3 heteroatoms. The van der Waals surface area contributed by atoms with E-state index in [0.29, 0.717) is 0 Å². The molecular weight excluding hydrogens is 158 g/mol. The minimum atomic E-state index is -1.61. The van der Waals surface area contributed by atoms with Crippen molar-refractivity contribution < 1.29 is 8.78 Å². The Morgan fingerprint density at radius 2 is 2.30 bits per heavy atom. The molecule has 0 fully saturated rings. The molecule has 2 unspecified atom stereocenters. The van der Waals surface area contributed by atoms with Gasteiger partial charge in [-0.3, -0.25) is 0 Å². The van der Waals surface area contributed by atoms with E-state index < -0.39 is 16.9 Å². The van der Waals surface area contributed by atoms with Crippen LogP contribution in [0.3, 0.4) is 0 Å². The molecule has 1 aliphatic carbocycles. The summed E-state index contributed by atoms with van der Waals surface area (Å²) in [7, 11) is 0. The van der Waals surface area contributed by atoms with Gasteiger partial charge in [-0.2, -0.15) is 0 Å². The molecule has 1 rings (SSSR count). The van der Waals surface area contributed by atoms with Crippen LogP contribution in [0.5, 0.6) is 0 Å². The van der Waals surface area contributed by atoms with Gasteiger partial charge in [-0.15, -0.1) is 11.6 Å². The SMILES string of the molecule is CC1(F)C=CC(F)=CC1Cl. The Kier molecular flexibility index (Phi) is 1.82. The van der Waals surface area contributed by atoms with Crippen molar-refractivity contribution in [2.75, 3.05) is 0 Å². The summed E-state index contributed by atoms with van der Waals surface area (Å²) >= 11 is 5.46. The Balaban J connectivity index is 2.84. The van der Waals surface area contributed by atoms with E-state index in [9.17, 15) is 8.78 Å². The van der Waals surface area contributed by atoms with Crippen LogP contribution in [0, 0.1) is 0 Å². The fraction of sp³-hybridized carbons (Fsp3) is 0.429. The van der Waals surface area contributed by atoms with Crippen LogP contribution in [0.4, 0.5) is 8.78 Å². The summed E-state index contributed by atoms with van der Waals surface area (Å²) in [5, 5.41) is -0.891. The summed E-state index contributed by atoms with van der Waals surface area (Å²) in [6, 6.07) is 0. The normalized spacial score (nSPS) is 39.6. The third kappa shape index (κ3) is 1.37. The molecule has 0 radical (unpaired) electrons. The van der Waals surface area contributed by atoms with Crippen molar-refractivity contribution >= 4 is 11.6 Å². The van der Waals surface area contributed by atoms with E-state index >= 15 is 0 Å². The lowest BCUT2D eigenvalue weighted by molar-refractivity contribution is 0.261. The summed E-state index contributed by atoms with van der Waals surface area (Å²) in [6.07, 6.45) is 3.26. The smallest absolute Gasteiger partial charge is 0.146 e. The maximum Gasteiger partial charge on any atom is 0.146 e. The summed E-state index contributed by atoms with van der Waals surface area (Å²) in [5.41, 5.74) is -1.61. The topological polar surface area (TPSA) is 0 Å². The molecule has 56 valence electrons. The van der Waals surface area contributed by atoms with Crippen LogP contribution in [0.25, 0.3) is 0 Å². The van der Waals surface area contributed by atoms with Crippen LogP contribution in [0.2, 0.25) is 0 Å². The van der Waals surface area contributed by atoms with Gasteiger partial charge in [0.05, 0.1) is 5.38 Å². The highest BCUT2D eigenvalue weighted by Crippen LogP contribution is 2.29. The zero-order valence-corrected chi connectivity index (χ0v) is 6.20. The third-order valence-corrected chi connectivity index (χ3v) is 1.97. The fourth-order valence-corrected chi connectivity index (χ4v) is 0.886. The second-order valence-corrected chi connectivity index (χ2v) is 2.91. The van der Waals surface area contributed by atoms with Gasteiger partial charge in [-0.1, -0.05) is 0 Å². The molecule has 10 heavy (non-hydrogen) atoms. The molecule has 0 amide bonds. The number of halogens is 3. The van der Waals surface area contributed by atoms with E-state index in [1.165, 1.54) is 6.92 Å². The van der Waals surface area contributed by atoms with Crippen molar-refractivity contribution in [3.8, 4) is 0 Å². The molecule has 0 aromatic rings. The van der Waals surface area contributed by atoms with Crippen LogP contribution < -0.4 is 0 Å². The highest BCUT2D eigenvalue weighted by molar-refractivity contribution is 6.22. The third-order valence-electron chi connectivity index (χ3n) is 1.41. The predicted octanol–water partition coefficient (Wildman–Crippen LogP) is 2.75. The number of hydrogen-bond acceptors (Lipinski definition) is 0. The molecular formula is C7H7ClF2. The Labute approximate surface area is 63.2 Å². The van der Waals surface area contributed by atoms with E-state index in [2.05, 4.69) is 0 Å². The standard InChI is InChI=1S/C7H7ClF2/c1-7(10)3-2-5(9)4-6(7)8/h2-4,6H,1H3. The molecule has 0 aliphatic heterocycles. The number of allylic oxidation sites excluding steroid dienone is 4. The minimum Gasteiger partial charge on any atom is -0.238 e. The Morgan fingerprint density at radius 3 is 2.70 bits per heavy atom. The van der Waals surface area contributed by atoms with E-state index in [0.717, 1.165) is 18.2 Å². The molecule has 0 bridgehead atoms. The first-order chi connectivity index (χ1) is 4.52. The van der Waals surface area contributed by atoms with E-state index in [1.807, 2.05) is 0 Å². The zero-order valence-electron chi connectivity index (χ0n) is 5.44. The molecule has 0 saturated heterocycles. The van der Waals surface area contributed by atoms with Gasteiger partial charge in [-0.05, 0) is 25.2 Å². The van der Waals surface area contributed by atoms with Gasteiger partial charge >= 0.3 is 0 Å². The van der Waals surface area contributed by atoms with Gasteiger partial charge in [0, 0.05) is 0 Å². The second-order valence-electron chi connectivity index (χ2n) is 2.44. The lowest BCUT2D eigenvalue weighted by atomic mass is 9.99. The van der Waals surface area contributed by atoms with Crippen molar-refractivity contribution in [1.29, 1.82) is 0 Å². The average Bonchev–Trinajstić information content (AvgIpc) is 1.81. The quantitative estimate of drug-likeness (QED) is 0.483. The Hall–Kier alpha value is -0.370. The lowest BCUT2D eigenvalue weighted by Crippen LogP contribution is -2.28. The first-order valence-electron chi connectivity index (χ1n) is 2.92. The van der Waals surface area contributed by atoms with Gasteiger partial charge in [0.2, 0.25) is 0 Å². The van der Waals surface area contributed by atoms with Crippen LogP contribution in [-0.4, -0.2) is 11.0 Å². The molecule has 2 atom stereocenters. The molecule has 1 aliphatic rings. The van der Waals surface area contributed by atoms with Crippen molar-refractivity contribution in [1.82, 2.24) is 0 Å². The fourth-order valence-electron chi connectivity index (χ4n) is 0.693. The maximum atomic E-state index is 13.0. The lowest BCUT2D eigenvalue weighted by Gasteiger charge is -2.21. The first kappa shape index (κ1) is 7.73. The Morgan fingerprint density at radius 1 is 1.70 bits per heavy atom. The summed E-state index contributed by atoms with van der Waals surface area (Å²) in [5.74, 6) is -0.477. The van der Waals surface area contributed by atoms with E-state index in [4.69, 9.17) is 11.6 Å². The maximum absolute atomic E-state index is 13.0. The number of alkyl halides is 2. The number of rotatable bonds is 0. The molecule has 0 aromatic heterocycles. The van der Waals surface area contributed by atoms with E-state index in [-0.39, 0.29) is 0 Å². The molecule has 0 nitrogen and oxygen atoms in total. The zero-order chi connectivity index (χ0) is 7.78. The second kappa shape index (κ2) is 2.35. The number of hydrogen-bond donors (Lipinski definition) is 0. The van der Waals surface area contributed by atoms with Gasteiger partial charge in [0.15, 0.2) is 0 Å². The first-order valence-corrected chi connectivity index (χ1v) is 3.35.